The van der Waals surface area contributed by atoms with Crippen molar-refractivity contribution in [2.45, 2.75) is 31.7 Å². The van der Waals surface area contributed by atoms with Crippen LogP contribution in [-0.4, -0.2) is 17.9 Å². The van der Waals surface area contributed by atoms with Gasteiger partial charge in [-0.2, -0.15) is 0 Å². The number of benzene rings is 2. The fraction of sp³-hybridized carbons (Fsp3) is 0.300. The van der Waals surface area contributed by atoms with Crippen LogP contribution in [0, 0.1) is 5.92 Å². The van der Waals surface area contributed by atoms with Crippen LogP contribution in [0.4, 0.5) is 0 Å². The number of nitrogens with two attached hydrogens (primary N) is 1. The van der Waals surface area contributed by atoms with E-state index in [1.807, 2.05) is 54.6 Å². The van der Waals surface area contributed by atoms with Gasteiger partial charge in [-0.05, 0) is 48.9 Å². The fourth-order valence-electron chi connectivity index (χ4n) is 3.24. The molecule has 1 fully saturated rings. The molecule has 0 saturated heterocycles. The molecule has 1 aliphatic carbocycles. The highest BCUT2D eigenvalue weighted by Gasteiger charge is 2.25. The maximum atomic E-state index is 12.4. The molecule has 0 aromatic heterocycles. The van der Waals surface area contributed by atoms with Crippen LogP contribution in [0.25, 0.3) is 11.1 Å². The van der Waals surface area contributed by atoms with Gasteiger partial charge < -0.3 is 11.1 Å². The first kappa shape index (κ1) is 16.2. The molecule has 4 heteroatoms. The van der Waals surface area contributed by atoms with E-state index in [2.05, 4.69) is 5.32 Å². The van der Waals surface area contributed by atoms with Crippen molar-refractivity contribution < 1.29 is 9.59 Å². The van der Waals surface area contributed by atoms with Crippen LogP contribution >= 0.6 is 0 Å². The van der Waals surface area contributed by atoms with Crippen molar-refractivity contribution >= 4 is 11.8 Å². The molecular formula is C20H22N2O2. The highest BCUT2D eigenvalue weighted by Crippen LogP contribution is 2.24. The van der Waals surface area contributed by atoms with Gasteiger partial charge in [-0.15, -0.1) is 0 Å². The standard InChI is InChI=1S/C20H22N2O2/c21-19(23)16-10-12-18(13-11-16)22-20(24)17-8-6-15(7-9-17)14-4-2-1-3-5-14/h1-9,16,18H,10-13H2,(H2,21,23)(H,22,24). The number of carbonyl (C=O) groups excluding carboxylic acids is 2. The molecule has 2 aromatic carbocycles. The predicted molar refractivity (Wildman–Crippen MR) is 94.3 cm³/mol. The molecule has 0 unspecified atom stereocenters. The molecule has 24 heavy (non-hydrogen) atoms. The van der Waals surface area contributed by atoms with Crippen LogP contribution in [0.2, 0.25) is 0 Å². The summed E-state index contributed by atoms with van der Waals surface area (Å²) in [4.78, 5) is 23.6. The number of nitrogens with one attached hydrogen (secondary N) is 1. The lowest BCUT2D eigenvalue weighted by Crippen LogP contribution is -2.39. The maximum absolute atomic E-state index is 12.4. The van der Waals surface area contributed by atoms with E-state index >= 15 is 0 Å². The van der Waals surface area contributed by atoms with Crippen molar-refractivity contribution in [2.24, 2.45) is 11.7 Å². The summed E-state index contributed by atoms with van der Waals surface area (Å²) in [5.41, 5.74) is 8.23. The quantitative estimate of drug-likeness (QED) is 0.907. The SMILES string of the molecule is NC(=O)C1CCC(NC(=O)c2ccc(-c3ccccc3)cc2)CC1. The van der Waals surface area contributed by atoms with Crippen molar-refractivity contribution in [3.05, 3.63) is 60.2 Å². The zero-order chi connectivity index (χ0) is 16.9. The smallest absolute Gasteiger partial charge is 0.251 e. The number of primary amides is 1. The zero-order valence-electron chi connectivity index (χ0n) is 13.6. The zero-order valence-corrected chi connectivity index (χ0v) is 13.6. The van der Waals surface area contributed by atoms with Crippen LogP contribution in [0.1, 0.15) is 36.0 Å². The van der Waals surface area contributed by atoms with Crippen molar-refractivity contribution in [1.29, 1.82) is 0 Å². The number of hydrogen-bond donors (Lipinski definition) is 2. The first-order chi connectivity index (χ1) is 11.6. The van der Waals surface area contributed by atoms with E-state index in [0.29, 0.717) is 5.56 Å². The number of carbonyl (C=O) groups is 2. The first-order valence-electron chi connectivity index (χ1n) is 8.39. The van der Waals surface area contributed by atoms with E-state index in [1.165, 1.54) is 0 Å². The fourth-order valence-corrected chi connectivity index (χ4v) is 3.24. The molecule has 1 aliphatic rings. The van der Waals surface area contributed by atoms with Crippen molar-refractivity contribution in [1.82, 2.24) is 5.32 Å². The molecule has 0 aliphatic heterocycles. The summed E-state index contributed by atoms with van der Waals surface area (Å²) in [5, 5.41) is 3.06. The lowest BCUT2D eigenvalue weighted by atomic mass is 9.85. The van der Waals surface area contributed by atoms with E-state index < -0.39 is 0 Å². The van der Waals surface area contributed by atoms with E-state index in [1.54, 1.807) is 0 Å². The Morgan fingerprint density at radius 1 is 0.833 bits per heavy atom. The molecular weight excluding hydrogens is 300 g/mol. The average molecular weight is 322 g/mol. The Balaban J connectivity index is 1.59. The van der Waals surface area contributed by atoms with E-state index in [9.17, 15) is 9.59 Å². The highest BCUT2D eigenvalue weighted by molar-refractivity contribution is 5.94. The summed E-state index contributed by atoms with van der Waals surface area (Å²) in [7, 11) is 0. The minimum atomic E-state index is -0.226. The van der Waals surface area contributed by atoms with Crippen molar-refractivity contribution in [3.8, 4) is 11.1 Å². The second kappa shape index (κ2) is 7.30. The lowest BCUT2D eigenvalue weighted by Gasteiger charge is -2.27. The third kappa shape index (κ3) is 3.82. The van der Waals surface area contributed by atoms with Crippen molar-refractivity contribution in [2.75, 3.05) is 0 Å². The summed E-state index contributed by atoms with van der Waals surface area (Å²) in [6.45, 7) is 0. The second-order valence-corrected chi connectivity index (χ2v) is 6.37. The van der Waals surface area contributed by atoms with E-state index in [0.717, 1.165) is 36.8 Å². The first-order valence-corrected chi connectivity index (χ1v) is 8.39. The summed E-state index contributed by atoms with van der Waals surface area (Å²) in [6, 6.07) is 17.8. The molecule has 3 rings (SSSR count). The molecule has 4 nitrogen and oxygen atoms in total. The Kier molecular flexibility index (Phi) is 4.94. The van der Waals surface area contributed by atoms with Crippen LogP contribution in [0.15, 0.2) is 54.6 Å². The van der Waals surface area contributed by atoms with Gasteiger partial charge in [0.05, 0.1) is 0 Å². The van der Waals surface area contributed by atoms with Gasteiger partial charge in [0.25, 0.3) is 5.91 Å². The van der Waals surface area contributed by atoms with E-state index in [-0.39, 0.29) is 23.8 Å². The van der Waals surface area contributed by atoms with Gasteiger partial charge in [-0.25, -0.2) is 0 Å². The largest absolute Gasteiger partial charge is 0.369 e. The Bertz CT molecular complexity index is 702. The molecule has 0 bridgehead atoms. The predicted octanol–water partition coefficient (Wildman–Crippen LogP) is 3.13. The van der Waals surface area contributed by atoms with Gasteiger partial charge in [-0.3, -0.25) is 9.59 Å². The average Bonchev–Trinajstić information content (AvgIpc) is 2.63. The summed E-state index contributed by atoms with van der Waals surface area (Å²) >= 11 is 0. The molecule has 0 radical (unpaired) electrons. The molecule has 124 valence electrons. The van der Waals surface area contributed by atoms with E-state index in [4.69, 9.17) is 5.73 Å². The maximum Gasteiger partial charge on any atom is 0.251 e. The lowest BCUT2D eigenvalue weighted by molar-refractivity contribution is -0.122. The molecule has 3 N–H and O–H groups in total. The summed E-state index contributed by atoms with van der Waals surface area (Å²) in [6.07, 6.45) is 3.13. The number of hydrogen-bond acceptors (Lipinski definition) is 2. The Morgan fingerprint density at radius 2 is 1.42 bits per heavy atom. The number of amides is 2. The molecule has 0 spiro atoms. The number of rotatable bonds is 4. The van der Waals surface area contributed by atoms with Crippen LogP contribution in [-0.2, 0) is 4.79 Å². The topological polar surface area (TPSA) is 72.2 Å². The normalized spacial score (nSPS) is 20.3. The Hall–Kier alpha value is -2.62. The van der Waals surface area contributed by atoms with Crippen LogP contribution in [0.3, 0.4) is 0 Å². The summed E-state index contributed by atoms with van der Waals surface area (Å²) in [5.74, 6) is -0.322. The summed E-state index contributed by atoms with van der Waals surface area (Å²) < 4.78 is 0. The highest BCUT2D eigenvalue weighted by atomic mass is 16.2. The van der Waals surface area contributed by atoms with Gasteiger partial charge in [0.1, 0.15) is 0 Å². The molecule has 2 amide bonds. The van der Waals surface area contributed by atoms with Gasteiger partial charge >= 0.3 is 0 Å². The Morgan fingerprint density at radius 3 is 2.00 bits per heavy atom. The molecule has 2 aromatic rings. The minimum absolute atomic E-state index is 0.0386. The Labute approximate surface area is 142 Å². The third-order valence-corrected chi connectivity index (χ3v) is 4.72. The monoisotopic (exact) mass is 322 g/mol. The van der Waals surface area contributed by atoms with Crippen molar-refractivity contribution in [3.63, 3.8) is 0 Å². The molecule has 1 saturated carbocycles. The van der Waals surface area contributed by atoms with Gasteiger partial charge in [0.2, 0.25) is 5.91 Å². The van der Waals surface area contributed by atoms with Gasteiger partial charge in [-0.1, -0.05) is 42.5 Å². The molecule has 0 atom stereocenters. The second-order valence-electron chi connectivity index (χ2n) is 6.37. The minimum Gasteiger partial charge on any atom is -0.369 e. The van der Waals surface area contributed by atoms with Crippen LogP contribution in [0.5, 0.6) is 0 Å². The van der Waals surface area contributed by atoms with Gasteiger partial charge in [0.15, 0.2) is 0 Å². The molecule has 0 heterocycles. The van der Waals surface area contributed by atoms with Crippen LogP contribution < -0.4 is 11.1 Å². The van der Waals surface area contributed by atoms with Gasteiger partial charge in [0, 0.05) is 17.5 Å². The third-order valence-electron chi connectivity index (χ3n) is 4.72.